The molecule has 1 heterocycles. The van der Waals surface area contributed by atoms with Crippen molar-refractivity contribution in [2.75, 3.05) is 0 Å². The molecule has 0 spiro atoms. The molecule has 1 aromatic rings. The van der Waals surface area contributed by atoms with Crippen LogP contribution in [0.5, 0.6) is 0 Å². The van der Waals surface area contributed by atoms with E-state index in [9.17, 15) is 9.18 Å². The summed E-state index contributed by atoms with van der Waals surface area (Å²) in [4.78, 5) is 10.8. The SMILES string of the molecule is CC1(C)OB(c2c(Cl)ccc(C=O)c2F)OC1(C)C. The van der Waals surface area contributed by atoms with Gasteiger partial charge in [0.25, 0.3) is 0 Å². The molecule has 6 heteroatoms. The van der Waals surface area contributed by atoms with Crippen LogP contribution in [0.3, 0.4) is 0 Å². The lowest BCUT2D eigenvalue weighted by Gasteiger charge is -2.32. The van der Waals surface area contributed by atoms with Gasteiger partial charge in [0, 0.05) is 16.0 Å². The Bertz CT molecular complexity index is 515. The van der Waals surface area contributed by atoms with Gasteiger partial charge in [-0.2, -0.15) is 0 Å². The van der Waals surface area contributed by atoms with Gasteiger partial charge in [0.1, 0.15) is 5.82 Å². The zero-order chi connectivity index (χ0) is 14.4. The van der Waals surface area contributed by atoms with E-state index < -0.39 is 24.1 Å². The molecule has 1 saturated heterocycles. The number of benzene rings is 1. The van der Waals surface area contributed by atoms with E-state index in [4.69, 9.17) is 20.9 Å². The minimum absolute atomic E-state index is 0.0610. The average Bonchev–Trinajstić information content (AvgIpc) is 2.48. The van der Waals surface area contributed by atoms with Gasteiger partial charge in [0.05, 0.1) is 11.2 Å². The number of carbonyl (C=O) groups excluding carboxylic acids is 1. The van der Waals surface area contributed by atoms with E-state index in [0.717, 1.165) is 0 Å². The van der Waals surface area contributed by atoms with Crippen LogP contribution in [0.15, 0.2) is 12.1 Å². The first kappa shape index (κ1) is 14.5. The van der Waals surface area contributed by atoms with Crippen LogP contribution in [0.25, 0.3) is 0 Å². The summed E-state index contributed by atoms with van der Waals surface area (Å²) >= 11 is 6.01. The number of carbonyl (C=O) groups is 1. The maximum absolute atomic E-state index is 14.2. The van der Waals surface area contributed by atoms with Crippen LogP contribution in [-0.4, -0.2) is 24.6 Å². The first-order valence-electron chi connectivity index (χ1n) is 5.98. The molecule has 102 valence electrons. The van der Waals surface area contributed by atoms with E-state index in [2.05, 4.69) is 0 Å². The third-order valence-corrected chi connectivity index (χ3v) is 4.10. The van der Waals surface area contributed by atoms with Gasteiger partial charge in [-0.3, -0.25) is 4.79 Å². The standard InChI is InChI=1S/C13H15BClFO3/c1-12(2)13(3,4)19-14(18-12)10-9(15)6-5-8(7-17)11(10)16/h5-7H,1-4H3. The lowest BCUT2D eigenvalue weighted by Crippen LogP contribution is -2.41. The van der Waals surface area contributed by atoms with Crippen molar-refractivity contribution in [1.82, 2.24) is 0 Å². The molecule has 0 aliphatic carbocycles. The number of rotatable bonds is 2. The molecule has 1 aliphatic rings. The second-order valence-electron chi connectivity index (χ2n) is 5.57. The Morgan fingerprint density at radius 3 is 2.21 bits per heavy atom. The van der Waals surface area contributed by atoms with Gasteiger partial charge < -0.3 is 9.31 Å². The van der Waals surface area contributed by atoms with Crippen molar-refractivity contribution in [1.29, 1.82) is 0 Å². The number of halogens is 2. The maximum Gasteiger partial charge on any atom is 0.499 e. The van der Waals surface area contributed by atoms with Crippen molar-refractivity contribution in [3.63, 3.8) is 0 Å². The Morgan fingerprint density at radius 2 is 1.74 bits per heavy atom. The molecule has 3 nitrogen and oxygen atoms in total. The molecule has 1 aromatic carbocycles. The molecule has 0 aromatic heterocycles. The summed E-state index contributed by atoms with van der Waals surface area (Å²) in [7, 11) is -0.919. The Morgan fingerprint density at radius 1 is 1.21 bits per heavy atom. The van der Waals surface area contributed by atoms with E-state index in [-0.39, 0.29) is 16.0 Å². The summed E-state index contributed by atoms with van der Waals surface area (Å²) in [5, 5.41) is 0.182. The highest BCUT2D eigenvalue weighted by Gasteiger charge is 2.53. The van der Waals surface area contributed by atoms with E-state index >= 15 is 0 Å². The van der Waals surface area contributed by atoms with Crippen molar-refractivity contribution >= 4 is 30.5 Å². The molecule has 2 rings (SSSR count). The van der Waals surface area contributed by atoms with Gasteiger partial charge in [-0.1, -0.05) is 11.6 Å². The molecule has 0 bridgehead atoms. The first-order chi connectivity index (χ1) is 8.69. The zero-order valence-corrected chi connectivity index (χ0v) is 12.0. The summed E-state index contributed by atoms with van der Waals surface area (Å²) in [5.74, 6) is -0.694. The Balaban J connectivity index is 2.48. The van der Waals surface area contributed by atoms with Crippen LogP contribution in [0.1, 0.15) is 38.1 Å². The molecule has 0 N–H and O–H groups in total. The van der Waals surface area contributed by atoms with Gasteiger partial charge in [-0.25, -0.2) is 4.39 Å². The summed E-state index contributed by atoms with van der Waals surface area (Å²) in [5.41, 5.74) is -1.17. The maximum atomic E-state index is 14.2. The minimum Gasteiger partial charge on any atom is -0.399 e. The van der Waals surface area contributed by atoms with Crippen LogP contribution in [0, 0.1) is 5.82 Å². The predicted octanol–water partition coefficient (Wildman–Crippen LogP) is 2.59. The fraction of sp³-hybridized carbons (Fsp3) is 0.462. The summed E-state index contributed by atoms with van der Waals surface area (Å²) in [6, 6.07) is 2.80. The van der Waals surface area contributed by atoms with Crippen LogP contribution in [0.2, 0.25) is 5.02 Å². The average molecular weight is 285 g/mol. The topological polar surface area (TPSA) is 35.5 Å². The van der Waals surface area contributed by atoms with E-state index in [1.165, 1.54) is 12.1 Å². The predicted molar refractivity (Wildman–Crippen MR) is 72.5 cm³/mol. The summed E-state index contributed by atoms with van der Waals surface area (Å²) < 4.78 is 25.7. The van der Waals surface area contributed by atoms with Crippen LogP contribution in [-0.2, 0) is 9.31 Å². The van der Waals surface area contributed by atoms with Crippen molar-refractivity contribution in [2.45, 2.75) is 38.9 Å². The monoisotopic (exact) mass is 284 g/mol. The Kier molecular flexibility index (Phi) is 3.50. The molecule has 0 saturated carbocycles. The first-order valence-corrected chi connectivity index (χ1v) is 6.36. The summed E-state index contributed by atoms with van der Waals surface area (Å²) in [6.07, 6.45) is 0.445. The molecule has 0 amide bonds. The minimum atomic E-state index is -0.919. The van der Waals surface area contributed by atoms with Gasteiger partial charge in [0.2, 0.25) is 0 Å². The third kappa shape index (κ3) is 2.31. The van der Waals surface area contributed by atoms with Crippen molar-refractivity contribution < 1.29 is 18.5 Å². The van der Waals surface area contributed by atoms with Crippen molar-refractivity contribution in [2.24, 2.45) is 0 Å². The lowest BCUT2D eigenvalue weighted by atomic mass is 9.77. The Hall–Kier alpha value is -0.905. The van der Waals surface area contributed by atoms with Crippen molar-refractivity contribution in [3.05, 3.63) is 28.5 Å². The molecule has 1 fully saturated rings. The van der Waals surface area contributed by atoms with Crippen LogP contribution >= 0.6 is 11.6 Å². The molecule has 0 unspecified atom stereocenters. The smallest absolute Gasteiger partial charge is 0.399 e. The van der Waals surface area contributed by atoms with Crippen LogP contribution in [0.4, 0.5) is 4.39 Å². The lowest BCUT2D eigenvalue weighted by molar-refractivity contribution is 0.00578. The number of aldehydes is 1. The fourth-order valence-electron chi connectivity index (χ4n) is 1.85. The molecule has 1 aliphatic heterocycles. The second-order valence-corrected chi connectivity index (χ2v) is 5.98. The second kappa shape index (κ2) is 4.58. The van der Waals surface area contributed by atoms with Gasteiger partial charge in [0.15, 0.2) is 6.29 Å². The zero-order valence-electron chi connectivity index (χ0n) is 11.3. The van der Waals surface area contributed by atoms with Crippen LogP contribution < -0.4 is 5.46 Å². The molecule has 0 atom stereocenters. The number of hydrogen-bond donors (Lipinski definition) is 0. The fourth-order valence-corrected chi connectivity index (χ4v) is 2.09. The van der Waals surface area contributed by atoms with E-state index in [0.29, 0.717) is 6.29 Å². The molecular weight excluding hydrogens is 269 g/mol. The van der Waals surface area contributed by atoms with E-state index in [1.54, 1.807) is 0 Å². The molecular formula is C13H15BClFO3. The van der Waals surface area contributed by atoms with Crippen molar-refractivity contribution in [3.8, 4) is 0 Å². The third-order valence-electron chi connectivity index (χ3n) is 3.77. The highest BCUT2D eigenvalue weighted by Crippen LogP contribution is 2.37. The summed E-state index contributed by atoms with van der Waals surface area (Å²) in [6.45, 7) is 7.45. The highest BCUT2D eigenvalue weighted by molar-refractivity contribution is 6.65. The van der Waals surface area contributed by atoms with Gasteiger partial charge in [-0.05, 0) is 39.8 Å². The van der Waals surface area contributed by atoms with Gasteiger partial charge in [-0.15, -0.1) is 0 Å². The molecule has 19 heavy (non-hydrogen) atoms. The highest BCUT2D eigenvalue weighted by atomic mass is 35.5. The van der Waals surface area contributed by atoms with E-state index in [1.807, 2.05) is 27.7 Å². The van der Waals surface area contributed by atoms with Gasteiger partial charge >= 0.3 is 7.12 Å². The quantitative estimate of drug-likeness (QED) is 0.618. The normalized spacial score (nSPS) is 20.6. The molecule has 0 radical (unpaired) electrons. The number of hydrogen-bond acceptors (Lipinski definition) is 3. The Labute approximate surface area is 117 Å². The largest absolute Gasteiger partial charge is 0.499 e.